The van der Waals surface area contributed by atoms with Crippen molar-refractivity contribution in [1.82, 2.24) is 15.2 Å². The Kier molecular flexibility index (Phi) is 4.30. The molecule has 26 heavy (non-hydrogen) atoms. The fourth-order valence-corrected chi connectivity index (χ4v) is 3.74. The maximum Gasteiger partial charge on any atom is 0.247 e. The molecule has 7 heteroatoms. The molecule has 130 valence electrons. The maximum atomic E-state index is 12.7. The van der Waals surface area contributed by atoms with Crippen LogP contribution >= 0.6 is 11.8 Å². The van der Waals surface area contributed by atoms with Gasteiger partial charge < -0.3 is 0 Å². The molecule has 2 amide bonds. The van der Waals surface area contributed by atoms with Gasteiger partial charge in [0.2, 0.25) is 17.0 Å². The zero-order valence-corrected chi connectivity index (χ0v) is 14.9. The number of nitrogens with zero attached hydrogens (tertiary/aromatic N) is 3. The molecule has 1 aromatic heterocycles. The minimum absolute atomic E-state index is 0.146. The number of nitrogens with one attached hydrogen (secondary N) is 1. The Hall–Kier alpha value is -2.93. The third-order valence-corrected chi connectivity index (χ3v) is 5.20. The summed E-state index contributed by atoms with van der Waals surface area (Å²) in [6.07, 6.45) is 0.146. The number of carbonyl (C=O) groups excluding carboxylic acids is 2. The number of amides is 2. The third kappa shape index (κ3) is 3.13. The molecular weight excluding hydrogens is 348 g/mol. The zero-order chi connectivity index (χ0) is 18.1. The number of hydrogen-bond donors (Lipinski definition) is 1. The van der Waals surface area contributed by atoms with Crippen molar-refractivity contribution in [2.75, 3.05) is 4.90 Å². The number of aromatic amines is 1. The number of rotatable bonds is 4. The van der Waals surface area contributed by atoms with Gasteiger partial charge in [-0.05, 0) is 19.1 Å². The number of carbonyl (C=O) groups is 2. The largest absolute Gasteiger partial charge is 0.274 e. The van der Waals surface area contributed by atoms with Gasteiger partial charge in [0, 0.05) is 12.0 Å². The minimum atomic E-state index is -0.510. The van der Waals surface area contributed by atoms with Crippen LogP contribution < -0.4 is 4.90 Å². The summed E-state index contributed by atoms with van der Waals surface area (Å²) >= 11 is 1.21. The van der Waals surface area contributed by atoms with Crippen LogP contribution in [-0.4, -0.2) is 32.2 Å². The zero-order valence-electron chi connectivity index (χ0n) is 14.0. The van der Waals surface area contributed by atoms with E-state index < -0.39 is 5.25 Å². The Morgan fingerprint density at radius 1 is 1.08 bits per heavy atom. The fraction of sp³-hybridized carbons (Fsp3) is 0.158. The molecule has 1 saturated heterocycles. The smallest absolute Gasteiger partial charge is 0.247 e. The van der Waals surface area contributed by atoms with E-state index in [0.717, 1.165) is 5.56 Å². The molecular formula is C19H16N4O2S. The normalized spacial score (nSPS) is 17.1. The summed E-state index contributed by atoms with van der Waals surface area (Å²) in [5, 5.41) is 7.02. The highest BCUT2D eigenvalue weighted by molar-refractivity contribution is 8.00. The fourth-order valence-electron chi connectivity index (χ4n) is 2.81. The van der Waals surface area contributed by atoms with Gasteiger partial charge in [-0.3, -0.25) is 14.7 Å². The molecule has 0 radical (unpaired) electrons. The number of imide groups is 1. The van der Waals surface area contributed by atoms with E-state index in [9.17, 15) is 9.59 Å². The van der Waals surface area contributed by atoms with Gasteiger partial charge in [-0.15, -0.1) is 5.10 Å². The lowest BCUT2D eigenvalue weighted by atomic mass is 10.1. The lowest BCUT2D eigenvalue weighted by Crippen LogP contribution is -2.31. The van der Waals surface area contributed by atoms with Crippen molar-refractivity contribution >= 4 is 29.3 Å². The van der Waals surface area contributed by atoms with Crippen LogP contribution in [0.4, 0.5) is 5.69 Å². The van der Waals surface area contributed by atoms with Crippen molar-refractivity contribution in [1.29, 1.82) is 0 Å². The predicted molar refractivity (Wildman–Crippen MR) is 99.8 cm³/mol. The van der Waals surface area contributed by atoms with Gasteiger partial charge in [0.05, 0.1) is 5.69 Å². The Bertz CT molecular complexity index is 953. The SMILES string of the molecule is Cc1ccc(-c2nc(S[C@@H]3CC(=O)N(c4ccccc4)C3=O)n[nH]2)cc1. The second-order valence-corrected chi connectivity index (χ2v) is 7.22. The summed E-state index contributed by atoms with van der Waals surface area (Å²) in [5.41, 5.74) is 2.69. The van der Waals surface area contributed by atoms with Crippen LogP contribution in [0.1, 0.15) is 12.0 Å². The van der Waals surface area contributed by atoms with Gasteiger partial charge in [-0.25, -0.2) is 9.88 Å². The summed E-state index contributed by atoms with van der Waals surface area (Å²) in [7, 11) is 0. The Labute approximate surface area is 154 Å². The molecule has 2 heterocycles. The second-order valence-electron chi connectivity index (χ2n) is 6.05. The van der Waals surface area contributed by atoms with Gasteiger partial charge in [0.1, 0.15) is 5.25 Å². The Balaban J connectivity index is 1.51. The molecule has 0 aliphatic carbocycles. The molecule has 1 aliphatic rings. The number of benzene rings is 2. The van der Waals surface area contributed by atoms with Gasteiger partial charge in [0.25, 0.3) is 0 Å². The number of aromatic nitrogens is 3. The molecule has 1 N–H and O–H groups in total. The van der Waals surface area contributed by atoms with E-state index >= 15 is 0 Å². The number of para-hydroxylation sites is 1. The van der Waals surface area contributed by atoms with Crippen molar-refractivity contribution in [3.8, 4) is 11.4 Å². The van der Waals surface area contributed by atoms with Crippen molar-refractivity contribution in [3.63, 3.8) is 0 Å². The number of anilines is 1. The highest BCUT2D eigenvalue weighted by Crippen LogP contribution is 2.33. The third-order valence-electron chi connectivity index (χ3n) is 4.16. The van der Waals surface area contributed by atoms with E-state index in [1.54, 1.807) is 24.3 Å². The molecule has 3 aromatic rings. The van der Waals surface area contributed by atoms with Crippen molar-refractivity contribution in [3.05, 3.63) is 60.2 Å². The summed E-state index contributed by atoms with van der Waals surface area (Å²) in [6, 6.07) is 16.9. The van der Waals surface area contributed by atoms with E-state index in [2.05, 4.69) is 15.2 Å². The molecule has 0 saturated carbocycles. The first-order valence-corrected chi connectivity index (χ1v) is 9.08. The van der Waals surface area contributed by atoms with Crippen LogP contribution in [-0.2, 0) is 9.59 Å². The summed E-state index contributed by atoms with van der Waals surface area (Å²) < 4.78 is 0. The van der Waals surface area contributed by atoms with Gasteiger partial charge >= 0.3 is 0 Å². The number of hydrogen-bond acceptors (Lipinski definition) is 5. The molecule has 6 nitrogen and oxygen atoms in total. The topological polar surface area (TPSA) is 79.0 Å². The lowest BCUT2D eigenvalue weighted by molar-refractivity contribution is -0.121. The molecule has 0 spiro atoms. The molecule has 1 fully saturated rings. The summed E-state index contributed by atoms with van der Waals surface area (Å²) in [4.78, 5) is 30.6. The van der Waals surface area contributed by atoms with E-state index in [-0.39, 0.29) is 18.2 Å². The molecule has 1 atom stereocenters. The first-order valence-electron chi connectivity index (χ1n) is 8.20. The standard InChI is InChI=1S/C19H16N4O2S/c1-12-7-9-13(10-8-12)17-20-19(22-21-17)26-15-11-16(24)23(18(15)25)14-5-3-2-4-6-14/h2-10,15H,11H2,1H3,(H,20,21,22)/t15-/m1/s1. The highest BCUT2D eigenvalue weighted by atomic mass is 32.2. The van der Waals surface area contributed by atoms with Crippen LogP contribution in [0.3, 0.4) is 0 Å². The van der Waals surface area contributed by atoms with Crippen LogP contribution in [0.2, 0.25) is 0 Å². The Morgan fingerprint density at radius 3 is 2.54 bits per heavy atom. The van der Waals surface area contributed by atoms with Crippen molar-refractivity contribution in [2.45, 2.75) is 23.8 Å². The van der Waals surface area contributed by atoms with Gasteiger partial charge in [-0.2, -0.15) is 0 Å². The van der Waals surface area contributed by atoms with E-state index in [4.69, 9.17) is 0 Å². The summed E-state index contributed by atoms with van der Waals surface area (Å²) in [6.45, 7) is 2.02. The van der Waals surface area contributed by atoms with Crippen LogP contribution in [0.25, 0.3) is 11.4 Å². The van der Waals surface area contributed by atoms with E-state index in [1.165, 1.54) is 22.2 Å². The van der Waals surface area contributed by atoms with Crippen LogP contribution in [0.15, 0.2) is 59.8 Å². The van der Waals surface area contributed by atoms with Crippen molar-refractivity contribution in [2.24, 2.45) is 0 Å². The molecule has 0 bridgehead atoms. The summed E-state index contributed by atoms with van der Waals surface area (Å²) in [5.74, 6) is 0.213. The molecule has 1 aliphatic heterocycles. The average molecular weight is 364 g/mol. The van der Waals surface area contributed by atoms with Crippen molar-refractivity contribution < 1.29 is 9.59 Å². The number of H-pyrrole nitrogens is 1. The van der Waals surface area contributed by atoms with Gasteiger partial charge in [-0.1, -0.05) is 59.8 Å². The minimum Gasteiger partial charge on any atom is -0.274 e. The second kappa shape index (κ2) is 6.76. The van der Waals surface area contributed by atoms with Gasteiger partial charge in [0.15, 0.2) is 5.82 Å². The number of thioether (sulfide) groups is 1. The Morgan fingerprint density at radius 2 is 1.81 bits per heavy atom. The lowest BCUT2D eigenvalue weighted by Gasteiger charge is -2.14. The predicted octanol–water partition coefficient (Wildman–Crippen LogP) is 3.20. The average Bonchev–Trinajstić information content (AvgIpc) is 3.21. The van der Waals surface area contributed by atoms with E-state index in [1.807, 2.05) is 37.3 Å². The number of aryl methyl sites for hydroxylation is 1. The maximum absolute atomic E-state index is 12.7. The first kappa shape index (κ1) is 16.5. The highest BCUT2D eigenvalue weighted by Gasteiger charge is 2.40. The van der Waals surface area contributed by atoms with E-state index in [0.29, 0.717) is 16.7 Å². The first-order chi connectivity index (χ1) is 12.6. The van der Waals surface area contributed by atoms with Crippen LogP contribution in [0.5, 0.6) is 0 Å². The van der Waals surface area contributed by atoms with Crippen LogP contribution in [0, 0.1) is 6.92 Å². The molecule has 2 aromatic carbocycles. The monoisotopic (exact) mass is 364 g/mol. The molecule has 0 unspecified atom stereocenters. The molecule has 4 rings (SSSR count). The quantitative estimate of drug-likeness (QED) is 0.719.